The lowest BCUT2D eigenvalue weighted by Crippen LogP contribution is -2.05. The highest BCUT2D eigenvalue weighted by molar-refractivity contribution is 5.89. The lowest BCUT2D eigenvalue weighted by Gasteiger charge is -2.06. The third-order valence-electron chi connectivity index (χ3n) is 4.24. The summed E-state index contributed by atoms with van der Waals surface area (Å²) in [5, 5.41) is 3.92. The van der Waals surface area contributed by atoms with E-state index in [0.29, 0.717) is 28.8 Å². The number of fused-ring (bicyclic) bond motifs is 1. The molecule has 2 aromatic carbocycles. The van der Waals surface area contributed by atoms with Crippen LogP contribution in [0.25, 0.3) is 11.4 Å². The molecule has 4 rings (SSSR count). The van der Waals surface area contributed by atoms with Crippen LogP contribution in [0.1, 0.15) is 41.6 Å². The van der Waals surface area contributed by atoms with Crippen molar-refractivity contribution in [2.45, 2.75) is 26.4 Å². The zero-order valence-electron chi connectivity index (χ0n) is 15.0. The fourth-order valence-corrected chi connectivity index (χ4v) is 2.68. The molecule has 0 N–H and O–H groups in total. The lowest BCUT2D eigenvalue weighted by atomic mass is 10.0. The van der Waals surface area contributed by atoms with Gasteiger partial charge >= 0.3 is 5.97 Å². The molecule has 1 aromatic heterocycles. The standard InChI is InChI=1S/C20H18N2O5/c1-12(2)13-3-5-14(6-4-13)20(23)24-10-18-21-19(22-27-18)15-7-8-16-17(9-15)26-11-25-16/h3-9,12H,10-11H2,1-2H3. The molecular formula is C20H18N2O5. The molecule has 0 atom stereocenters. The van der Waals surface area contributed by atoms with E-state index in [1.807, 2.05) is 18.2 Å². The van der Waals surface area contributed by atoms with Crippen LogP contribution in [-0.4, -0.2) is 22.9 Å². The Hall–Kier alpha value is -3.35. The highest BCUT2D eigenvalue weighted by atomic mass is 16.7. The van der Waals surface area contributed by atoms with E-state index in [1.165, 1.54) is 0 Å². The second-order valence-corrected chi connectivity index (χ2v) is 6.43. The normalized spacial score (nSPS) is 12.4. The van der Waals surface area contributed by atoms with Gasteiger partial charge in [0.05, 0.1) is 5.56 Å². The number of nitrogens with zero attached hydrogens (tertiary/aromatic N) is 2. The maximum absolute atomic E-state index is 12.2. The summed E-state index contributed by atoms with van der Waals surface area (Å²) in [6.07, 6.45) is 0. The Balaban J connectivity index is 1.40. The average molecular weight is 366 g/mol. The molecule has 0 unspecified atom stereocenters. The molecule has 0 bridgehead atoms. The van der Waals surface area contributed by atoms with Crippen molar-refractivity contribution in [3.63, 3.8) is 0 Å². The molecule has 0 aliphatic carbocycles. The molecule has 0 fully saturated rings. The van der Waals surface area contributed by atoms with E-state index in [2.05, 4.69) is 24.0 Å². The van der Waals surface area contributed by atoms with Gasteiger partial charge in [-0.15, -0.1) is 0 Å². The summed E-state index contributed by atoms with van der Waals surface area (Å²) in [6, 6.07) is 12.7. The molecule has 3 aromatic rings. The van der Waals surface area contributed by atoms with Gasteiger partial charge in [-0.2, -0.15) is 4.98 Å². The van der Waals surface area contributed by atoms with Crippen molar-refractivity contribution in [2.75, 3.05) is 6.79 Å². The number of hydrogen-bond donors (Lipinski definition) is 0. The van der Waals surface area contributed by atoms with Crippen LogP contribution in [0.4, 0.5) is 0 Å². The van der Waals surface area contributed by atoms with E-state index in [0.717, 1.165) is 11.1 Å². The van der Waals surface area contributed by atoms with E-state index in [4.69, 9.17) is 18.7 Å². The molecule has 0 radical (unpaired) electrons. The first-order valence-corrected chi connectivity index (χ1v) is 8.60. The lowest BCUT2D eigenvalue weighted by molar-refractivity contribution is 0.0430. The molecule has 0 saturated heterocycles. The van der Waals surface area contributed by atoms with E-state index < -0.39 is 5.97 Å². The van der Waals surface area contributed by atoms with Gasteiger partial charge in [-0.05, 0) is 41.8 Å². The van der Waals surface area contributed by atoms with Crippen molar-refractivity contribution in [3.8, 4) is 22.9 Å². The van der Waals surface area contributed by atoms with E-state index in [9.17, 15) is 4.79 Å². The van der Waals surface area contributed by atoms with Gasteiger partial charge in [0.1, 0.15) is 0 Å². The number of benzene rings is 2. The minimum Gasteiger partial charge on any atom is -0.454 e. The minimum absolute atomic E-state index is 0.0949. The average Bonchev–Trinajstić information content (AvgIpc) is 3.34. The summed E-state index contributed by atoms with van der Waals surface area (Å²) in [5.74, 6) is 1.89. The monoisotopic (exact) mass is 366 g/mol. The topological polar surface area (TPSA) is 83.7 Å². The Labute approximate surface area is 155 Å². The fraction of sp³-hybridized carbons (Fsp3) is 0.250. The quantitative estimate of drug-likeness (QED) is 0.632. The number of aromatic nitrogens is 2. The summed E-state index contributed by atoms with van der Waals surface area (Å²) < 4.78 is 21.0. The SMILES string of the molecule is CC(C)c1ccc(C(=O)OCc2nc(-c3ccc4c(c3)OCO4)no2)cc1. The smallest absolute Gasteiger partial charge is 0.338 e. The predicted molar refractivity (Wildman–Crippen MR) is 95.5 cm³/mol. The second-order valence-electron chi connectivity index (χ2n) is 6.43. The Kier molecular flexibility index (Phi) is 4.50. The van der Waals surface area contributed by atoms with Crippen molar-refractivity contribution >= 4 is 5.97 Å². The number of ether oxygens (including phenoxy) is 3. The van der Waals surface area contributed by atoms with Gasteiger partial charge in [-0.3, -0.25) is 0 Å². The zero-order chi connectivity index (χ0) is 18.8. The molecule has 1 aliphatic rings. The van der Waals surface area contributed by atoms with Gasteiger partial charge in [0.2, 0.25) is 12.6 Å². The molecule has 0 amide bonds. The van der Waals surface area contributed by atoms with E-state index in [-0.39, 0.29) is 19.3 Å². The molecule has 0 saturated carbocycles. The van der Waals surface area contributed by atoms with Gasteiger partial charge in [0, 0.05) is 5.56 Å². The summed E-state index contributed by atoms with van der Waals surface area (Å²) in [5.41, 5.74) is 2.37. The zero-order valence-corrected chi connectivity index (χ0v) is 15.0. The van der Waals surface area contributed by atoms with E-state index in [1.54, 1.807) is 24.3 Å². The Bertz CT molecular complexity index is 963. The summed E-state index contributed by atoms with van der Waals surface area (Å²) in [7, 11) is 0. The summed E-state index contributed by atoms with van der Waals surface area (Å²) in [6.45, 7) is 4.30. The van der Waals surface area contributed by atoms with Crippen LogP contribution < -0.4 is 9.47 Å². The third-order valence-corrected chi connectivity index (χ3v) is 4.24. The van der Waals surface area contributed by atoms with Gasteiger partial charge in [-0.1, -0.05) is 31.1 Å². The van der Waals surface area contributed by atoms with Crippen LogP contribution in [0.3, 0.4) is 0 Å². The number of carbonyl (C=O) groups is 1. The van der Waals surface area contributed by atoms with Crippen molar-refractivity contribution < 1.29 is 23.5 Å². The highest BCUT2D eigenvalue weighted by Crippen LogP contribution is 2.35. The van der Waals surface area contributed by atoms with Crippen molar-refractivity contribution in [2.24, 2.45) is 0 Å². The first-order chi connectivity index (χ1) is 13.1. The van der Waals surface area contributed by atoms with Crippen LogP contribution in [0, 0.1) is 0 Å². The molecule has 7 heteroatoms. The molecule has 1 aliphatic heterocycles. The number of esters is 1. The number of carbonyl (C=O) groups excluding carboxylic acids is 1. The highest BCUT2D eigenvalue weighted by Gasteiger charge is 2.17. The number of rotatable bonds is 5. The Morgan fingerprint density at radius 1 is 1.11 bits per heavy atom. The van der Waals surface area contributed by atoms with Gasteiger partial charge in [0.15, 0.2) is 18.1 Å². The molecular weight excluding hydrogens is 348 g/mol. The van der Waals surface area contributed by atoms with Crippen molar-refractivity contribution in [1.29, 1.82) is 0 Å². The van der Waals surface area contributed by atoms with Crippen LogP contribution >= 0.6 is 0 Å². The van der Waals surface area contributed by atoms with Gasteiger partial charge < -0.3 is 18.7 Å². The van der Waals surface area contributed by atoms with Crippen LogP contribution in [0.15, 0.2) is 47.0 Å². The van der Waals surface area contributed by atoms with Crippen LogP contribution in [0.5, 0.6) is 11.5 Å². The first kappa shape index (κ1) is 17.1. The molecule has 27 heavy (non-hydrogen) atoms. The van der Waals surface area contributed by atoms with Crippen LogP contribution in [0.2, 0.25) is 0 Å². The number of hydrogen-bond acceptors (Lipinski definition) is 7. The van der Waals surface area contributed by atoms with Gasteiger partial charge in [0.25, 0.3) is 5.89 Å². The van der Waals surface area contributed by atoms with E-state index >= 15 is 0 Å². The van der Waals surface area contributed by atoms with Crippen molar-refractivity contribution in [1.82, 2.24) is 10.1 Å². The third kappa shape index (κ3) is 3.62. The maximum Gasteiger partial charge on any atom is 0.338 e. The summed E-state index contributed by atoms with van der Waals surface area (Å²) >= 11 is 0. The first-order valence-electron chi connectivity index (χ1n) is 8.60. The minimum atomic E-state index is -0.437. The Morgan fingerprint density at radius 2 is 1.89 bits per heavy atom. The molecule has 0 spiro atoms. The predicted octanol–water partition coefficient (Wildman–Crippen LogP) is 3.95. The van der Waals surface area contributed by atoms with Gasteiger partial charge in [-0.25, -0.2) is 4.79 Å². The molecule has 7 nitrogen and oxygen atoms in total. The van der Waals surface area contributed by atoms with Crippen molar-refractivity contribution in [3.05, 3.63) is 59.5 Å². The Morgan fingerprint density at radius 3 is 2.67 bits per heavy atom. The molecule has 138 valence electrons. The summed E-state index contributed by atoms with van der Waals surface area (Å²) in [4.78, 5) is 16.4. The largest absolute Gasteiger partial charge is 0.454 e. The molecule has 2 heterocycles. The fourth-order valence-electron chi connectivity index (χ4n) is 2.68. The van der Waals surface area contributed by atoms with Crippen LogP contribution in [-0.2, 0) is 11.3 Å². The maximum atomic E-state index is 12.2. The second kappa shape index (κ2) is 7.11.